The summed E-state index contributed by atoms with van der Waals surface area (Å²) in [7, 11) is 0. The van der Waals surface area contributed by atoms with Gasteiger partial charge in [-0.1, -0.05) is 42.5 Å². The number of amides is 2. The van der Waals surface area contributed by atoms with Crippen molar-refractivity contribution in [1.82, 2.24) is 9.78 Å². The summed E-state index contributed by atoms with van der Waals surface area (Å²) in [6.45, 7) is 3.63. The summed E-state index contributed by atoms with van der Waals surface area (Å²) in [4.78, 5) is 37.4. The SMILES string of the molecule is Cc1ccc(NC(=O)c2ccc(=O)n(CC(=O)Nc3cccc4ccccc34)n2)cc1C. The first-order valence-corrected chi connectivity index (χ1v) is 10.1. The quantitative estimate of drug-likeness (QED) is 0.506. The molecule has 1 aromatic heterocycles. The van der Waals surface area contributed by atoms with Gasteiger partial charge in [0.05, 0.1) is 0 Å². The van der Waals surface area contributed by atoms with Crippen LogP contribution in [0.3, 0.4) is 0 Å². The van der Waals surface area contributed by atoms with Crippen LogP contribution in [0.15, 0.2) is 77.6 Å². The van der Waals surface area contributed by atoms with Crippen LogP contribution in [0.5, 0.6) is 0 Å². The van der Waals surface area contributed by atoms with Crippen molar-refractivity contribution < 1.29 is 9.59 Å². The molecule has 0 spiro atoms. The number of carbonyl (C=O) groups excluding carboxylic acids is 2. The second-order valence-electron chi connectivity index (χ2n) is 7.54. The lowest BCUT2D eigenvalue weighted by atomic mass is 10.1. The fourth-order valence-electron chi connectivity index (χ4n) is 3.36. The summed E-state index contributed by atoms with van der Waals surface area (Å²) in [5.74, 6) is -0.876. The van der Waals surface area contributed by atoms with Gasteiger partial charge in [-0.25, -0.2) is 4.68 Å². The first-order valence-electron chi connectivity index (χ1n) is 10.1. The average Bonchev–Trinajstić information content (AvgIpc) is 2.78. The van der Waals surface area contributed by atoms with Crippen LogP contribution in [0.4, 0.5) is 11.4 Å². The maximum Gasteiger partial charge on any atom is 0.276 e. The fraction of sp³-hybridized carbons (Fsp3) is 0.120. The van der Waals surface area contributed by atoms with E-state index in [-0.39, 0.29) is 12.2 Å². The molecule has 0 aliphatic rings. The van der Waals surface area contributed by atoms with E-state index in [1.54, 1.807) is 12.1 Å². The summed E-state index contributed by atoms with van der Waals surface area (Å²) in [6.07, 6.45) is 0. The van der Waals surface area contributed by atoms with E-state index in [0.29, 0.717) is 11.4 Å². The van der Waals surface area contributed by atoms with Crippen molar-refractivity contribution >= 4 is 34.0 Å². The van der Waals surface area contributed by atoms with Crippen molar-refractivity contribution in [3.05, 3.63) is 100.0 Å². The summed E-state index contributed by atoms with van der Waals surface area (Å²) in [5, 5.41) is 11.6. The number of aryl methyl sites for hydroxylation is 2. The van der Waals surface area contributed by atoms with E-state index in [9.17, 15) is 14.4 Å². The van der Waals surface area contributed by atoms with Crippen molar-refractivity contribution in [2.75, 3.05) is 10.6 Å². The monoisotopic (exact) mass is 426 g/mol. The second-order valence-corrected chi connectivity index (χ2v) is 7.54. The Kier molecular flexibility index (Phi) is 5.81. The van der Waals surface area contributed by atoms with Crippen LogP contribution in [0.1, 0.15) is 21.6 Å². The third-order valence-corrected chi connectivity index (χ3v) is 5.22. The number of hydrogen-bond donors (Lipinski definition) is 2. The lowest BCUT2D eigenvalue weighted by Gasteiger charge is -2.11. The smallest absolute Gasteiger partial charge is 0.276 e. The van der Waals surface area contributed by atoms with Crippen LogP contribution in [0, 0.1) is 13.8 Å². The Bertz CT molecular complexity index is 1390. The Labute approximate surface area is 184 Å². The van der Waals surface area contributed by atoms with E-state index in [1.165, 1.54) is 12.1 Å². The van der Waals surface area contributed by atoms with Crippen LogP contribution in [0.2, 0.25) is 0 Å². The number of benzene rings is 3. The van der Waals surface area contributed by atoms with Gasteiger partial charge in [0.15, 0.2) is 0 Å². The molecule has 0 saturated heterocycles. The molecule has 2 N–H and O–H groups in total. The first kappa shape index (κ1) is 21.0. The van der Waals surface area contributed by atoms with Crippen molar-refractivity contribution in [1.29, 1.82) is 0 Å². The molecule has 0 atom stereocenters. The largest absolute Gasteiger partial charge is 0.324 e. The third-order valence-electron chi connectivity index (χ3n) is 5.22. The topological polar surface area (TPSA) is 93.1 Å². The van der Waals surface area contributed by atoms with Crippen LogP contribution < -0.4 is 16.2 Å². The number of aromatic nitrogens is 2. The Morgan fingerprint density at radius 2 is 1.66 bits per heavy atom. The highest BCUT2D eigenvalue weighted by Gasteiger charge is 2.13. The highest BCUT2D eigenvalue weighted by atomic mass is 16.2. The molecule has 4 rings (SSSR count). The number of rotatable bonds is 5. The first-order chi connectivity index (χ1) is 15.4. The Hall–Kier alpha value is -4.26. The predicted molar refractivity (Wildman–Crippen MR) is 125 cm³/mol. The highest BCUT2D eigenvalue weighted by molar-refractivity contribution is 6.03. The highest BCUT2D eigenvalue weighted by Crippen LogP contribution is 2.22. The zero-order chi connectivity index (χ0) is 22.7. The Morgan fingerprint density at radius 1 is 0.875 bits per heavy atom. The molecule has 2 amide bonds. The molecule has 0 saturated carbocycles. The Balaban J connectivity index is 1.51. The molecule has 0 unspecified atom stereocenters. The number of fused-ring (bicyclic) bond motifs is 1. The van der Waals surface area contributed by atoms with Gasteiger partial charge in [0.1, 0.15) is 12.2 Å². The molecule has 0 aliphatic heterocycles. The minimum atomic E-state index is -0.471. The van der Waals surface area contributed by atoms with E-state index in [0.717, 1.165) is 26.6 Å². The molecular formula is C25H22N4O3. The van der Waals surface area contributed by atoms with Crippen LogP contribution >= 0.6 is 0 Å². The summed E-state index contributed by atoms with van der Waals surface area (Å²) >= 11 is 0. The zero-order valence-electron chi connectivity index (χ0n) is 17.8. The molecule has 4 aromatic rings. The van der Waals surface area contributed by atoms with Crippen molar-refractivity contribution in [2.24, 2.45) is 0 Å². The normalized spacial score (nSPS) is 10.7. The van der Waals surface area contributed by atoms with Gasteiger partial charge in [0.2, 0.25) is 5.91 Å². The average molecular weight is 426 g/mol. The zero-order valence-corrected chi connectivity index (χ0v) is 17.8. The van der Waals surface area contributed by atoms with E-state index >= 15 is 0 Å². The molecule has 32 heavy (non-hydrogen) atoms. The van der Waals surface area contributed by atoms with Gasteiger partial charge in [-0.15, -0.1) is 0 Å². The molecule has 0 aliphatic carbocycles. The van der Waals surface area contributed by atoms with Crippen LogP contribution in [0.25, 0.3) is 10.8 Å². The van der Waals surface area contributed by atoms with Crippen LogP contribution in [-0.4, -0.2) is 21.6 Å². The number of nitrogens with one attached hydrogen (secondary N) is 2. The lowest BCUT2D eigenvalue weighted by molar-refractivity contribution is -0.117. The molecule has 0 fully saturated rings. The maximum atomic E-state index is 12.6. The second kappa shape index (κ2) is 8.85. The number of hydrogen-bond acceptors (Lipinski definition) is 4. The molecular weight excluding hydrogens is 404 g/mol. The molecule has 0 radical (unpaired) electrons. The van der Waals surface area contributed by atoms with E-state index in [1.807, 2.05) is 62.4 Å². The molecule has 7 nitrogen and oxygen atoms in total. The van der Waals surface area contributed by atoms with Gasteiger partial charge in [0, 0.05) is 22.8 Å². The van der Waals surface area contributed by atoms with Crippen molar-refractivity contribution in [2.45, 2.75) is 20.4 Å². The van der Waals surface area contributed by atoms with Crippen molar-refractivity contribution in [3.8, 4) is 0 Å². The maximum absolute atomic E-state index is 12.6. The van der Waals surface area contributed by atoms with Crippen molar-refractivity contribution in [3.63, 3.8) is 0 Å². The van der Waals surface area contributed by atoms with Gasteiger partial charge >= 0.3 is 0 Å². The predicted octanol–water partition coefficient (Wildman–Crippen LogP) is 3.90. The van der Waals surface area contributed by atoms with E-state index in [2.05, 4.69) is 15.7 Å². The minimum absolute atomic E-state index is 0.0424. The Morgan fingerprint density at radius 3 is 2.47 bits per heavy atom. The van der Waals surface area contributed by atoms with Gasteiger partial charge in [0.25, 0.3) is 11.5 Å². The van der Waals surface area contributed by atoms with Gasteiger partial charge in [-0.05, 0) is 54.6 Å². The fourth-order valence-corrected chi connectivity index (χ4v) is 3.36. The number of anilines is 2. The van der Waals surface area contributed by atoms with Gasteiger partial charge in [-0.3, -0.25) is 14.4 Å². The molecule has 3 aromatic carbocycles. The number of nitrogens with zero attached hydrogens (tertiary/aromatic N) is 2. The molecule has 7 heteroatoms. The standard InChI is InChI=1S/C25H22N4O3/c1-16-10-11-19(14-17(16)2)26-25(32)22-12-13-24(31)29(28-22)15-23(30)27-21-9-5-7-18-6-3-4-8-20(18)21/h3-14H,15H2,1-2H3,(H,26,32)(H,27,30). The summed E-state index contributed by atoms with van der Waals surface area (Å²) in [5.41, 5.74) is 3.01. The molecule has 160 valence electrons. The van der Waals surface area contributed by atoms with Gasteiger partial charge < -0.3 is 10.6 Å². The number of carbonyl (C=O) groups is 2. The lowest BCUT2D eigenvalue weighted by Crippen LogP contribution is -2.31. The van der Waals surface area contributed by atoms with E-state index in [4.69, 9.17) is 0 Å². The third kappa shape index (κ3) is 4.57. The van der Waals surface area contributed by atoms with Crippen LogP contribution in [-0.2, 0) is 11.3 Å². The van der Waals surface area contributed by atoms with E-state index < -0.39 is 17.4 Å². The summed E-state index contributed by atoms with van der Waals surface area (Å²) < 4.78 is 0.982. The van der Waals surface area contributed by atoms with Gasteiger partial charge in [-0.2, -0.15) is 5.10 Å². The molecule has 1 heterocycles. The molecule has 0 bridgehead atoms. The summed E-state index contributed by atoms with van der Waals surface area (Å²) in [6, 6.07) is 21.4. The minimum Gasteiger partial charge on any atom is -0.324 e.